The molecule has 9 nitrogen and oxygen atoms in total. The second-order valence-corrected chi connectivity index (χ2v) is 12.9. The van der Waals surface area contributed by atoms with E-state index in [0.717, 1.165) is 31.4 Å². The summed E-state index contributed by atoms with van der Waals surface area (Å²) < 4.78 is 46.6. The second-order valence-electron chi connectivity index (χ2n) is 11.0. The molecule has 0 radical (unpaired) electrons. The normalized spacial score (nSPS) is 20.3. The van der Waals surface area contributed by atoms with Gasteiger partial charge in [0.2, 0.25) is 15.7 Å². The number of aliphatic hydroxyl groups excluding tert-OH is 1. The molecule has 3 fully saturated rings. The molecular weight excluding hydrogens is 547 g/mol. The first-order valence-corrected chi connectivity index (χ1v) is 15.4. The Kier molecular flexibility index (Phi) is 6.63. The molecule has 41 heavy (non-hydrogen) atoms. The fourth-order valence-electron chi connectivity index (χ4n) is 6.02. The van der Waals surface area contributed by atoms with Crippen molar-refractivity contribution in [2.45, 2.75) is 38.0 Å². The van der Waals surface area contributed by atoms with Gasteiger partial charge in [0.1, 0.15) is 17.8 Å². The van der Waals surface area contributed by atoms with Crippen LogP contribution in [-0.4, -0.2) is 49.8 Å². The predicted octanol–water partition coefficient (Wildman–Crippen LogP) is 4.58. The fraction of sp³-hybridized carbons (Fsp3) is 0.333. The van der Waals surface area contributed by atoms with Gasteiger partial charge < -0.3 is 14.8 Å². The highest BCUT2D eigenvalue weighted by molar-refractivity contribution is 7.92. The molecule has 2 aromatic carbocycles. The first kappa shape index (κ1) is 27.4. The summed E-state index contributed by atoms with van der Waals surface area (Å²) in [5.41, 5.74) is 2.40. The lowest BCUT2D eigenvalue weighted by Crippen LogP contribution is -2.67. The molecule has 2 heterocycles. The van der Waals surface area contributed by atoms with Gasteiger partial charge in [-0.2, -0.15) is 4.98 Å². The Morgan fingerprint density at radius 3 is 2.46 bits per heavy atom. The summed E-state index contributed by atoms with van der Waals surface area (Å²) >= 11 is 0. The van der Waals surface area contributed by atoms with Crippen molar-refractivity contribution in [3.05, 3.63) is 71.5 Å². The number of rotatable bonds is 9. The van der Waals surface area contributed by atoms with Crippen LogP contribution in [0.5, 0.6) is 0 Å². The van der Waals surface area contributed by atoms with Gasteiger partial charge in [0.05, 0.1) is 17.2 Å². The molecule has 2 aromatic heterocycles. The summed E-state index contributed by atoms with van der Waals surface area (Å²) in [6, 6.07) is 14.4. The summed E-state index contributed by atoms with van der Waals surface area (Å²) in [4.78, 5) is 17.8. The number of sulfonamides is 1. The zero-order valence-electron chi connectivity index (χ0n) is 22.9. The number of carbonyl (C=O) groups excluding carboxylic acids is 1. The molecule has 2 bridgehead atoms. The van der Waals surface area contributed by atoms with Gasteiger partial charge >= 0.3 is 0 Å². The molecule has 1 amide bonds. The highest BCUT2D eigenvalue weighted by Gasteiger charge is 2.57. The Balaban J connectivity index is 1.54. The van der Waals surface area contributed by atoms with Gasteiger partial charge in [-0.25, -0.2) is 12.8 Å². The molecule has 3 aliphatic carbocycles. The van der Waals surface area contributed by atoms with Crippen LogP contribution >= 0.6 is 0 Å². The molecule has 1 atom stereocenters. The molecular formula is C30H31FN4O5S. The number of halogens is 1. The Morgan fingerprint density at radius 2 is 1.88 bits per heavy atom. The van der Waals surface area contributed by atoms with Crippen molar-refractivity contribution in [2.75, 3.05) is 24.2 Å². The fourth-order valence-corrected chi connectivity index (χ4v) is 6.94. The first-order chi connectivity index (χ1) is 19.5. The predicted molar refractivity (Wildman–Crippen MR) is 154 cm³/mol. The number of aromatic nitrogens is 1. The van der Waals surface area contributed by atoms with Gasteiger partial charge in [0.25, 0.3) is 5.91 Å². The van der Waals surface area contributed by atoms with Crippen molar-refractivity contribution >= 4 is 32.8 Å². The molecule has 3 N–H and O–H groups in total. The van der Waals surface area contributed by atoms with Crippen LogP contribution in [0.25, 0.3) is 33.6 Å². The number of fused-ring (bicyclic) bond motifs is 1. The van der Waals surface area contributed by atoms with Crippen molar-refractivity contribution in [3.8, 4) is 22.5 Å². The number of benzene rings is 2. The van der Waals surface area contributed by atoms with Crippen LogP contribution in [0.2, 0.25) is 0 Å². The summed E-state index contributed by atoms with van der Waals surface area (Å²) in [6.45, 7) is 1.80. The van der Waals surface area contributed by atoms with E-state index in [-0.39, 0.29) is 34.9 Å². The Morgan fingerprint density at radius 1 is 1.17 bits per heavy atom. The molecule has 7 rings (SSSR count). The standard InChI is InChI=1S/C30H31FN4O5S/c1-4-35(41(3,38)39)26-22(19-6-5-7-20(12-19)27(36)34-30-14-17(15-30)16-30)13-23-24(28(37)32-2)25(40-29(23)33-26)18-8-10-21(31)11-9-18/h5-13,17,27,34,36H,4,14-16H2,1-3H3,(H,32,37). The minimum atomic E-state index is -3.74. The van der Waals surface area contributed by atoms with Crippen LogP contribution in [0.4, 0.5) is 10.2 Å². The van der Waals surface area contributed by atoms with E-state index in [0.29, 0.717) is 27.6 Å². The van der Waals surface area contributed by atoms with E-state index in [1.165, 1.54) is 35.6 Å². The van der Waals surface area contributed by atoms with Crippen LogP contribution < -0.4 is 14.9 Å². The zero-order chi connectivity index (χ0) is 29.1. The van der Waals surface area contributed by atoms with E-state index < -0.39 is 28.0 Å². The summed E-state index contributed by atoms with van der Waals surface area (Å²) in [6.07, 6.45) is 3.39. The molecule has 0 saturated heterocycles. The Bertz CT molecular complexity index is 1750. The number of nitrogens with zero attached hydrogens (tertiary/aromatic N) is 2. The minimum absolute atomic E-state index is 0.00300. The van der Waals surface area contributed by atoms with Gasteiger partial charge in [-0.3, -0.25) is 14.4 Å². The van der Waals surface area contributed by atoms with Crippen molar-refractivity contribution < 1.29 is 27.1 Å². The van der Waals surface area contributed by atoms with Gasteiger partial charge in [0, 0.05) is 30.3 Å². The number of carbonyl (C=O) groups is 1. The third-order valence-electron chi connectivity index (χ3n) is 8.14. The SMILES string of the molecule is CCN(c1nc2oc(-c3ccc(F)cc3)c(C(=O)NC)c2cc1-c1cccc(C(O)NC23CC(C2)C3)c1)S(C)(=O)=O. The van der Waals surface area contributed by atoms with Crippen molar-refractivity contribution in [2.24, 2.45) is 5.92 Å². The quantitative estimate of drug-likeness (QED) is 0.248. The lowest BCUT2D eigenvalue weighted by Gasteiger charge is -2.62. The van der Waals surface area contributed by atoms with E-state index in [4.69, 9.17) is 4.42 Å². The third kappa shape index (κ3) is 4.77. The molecule has 4 aromatic rings. The van der Waals surface area contributed by atoms with Crippen molar-refractivity contribution in [1.82, 2.24) is 15.6 Å². The molecule has 11 heteroatoms. The molecule has 1 unspecified atom stereocenters. The van der Waals surface area contributed by atoms with Gasteiger partial charge in [-0.15, -0.1) is 0 Å². The van der Waals surface area contributed by atoms with Gasteiger partial charge in [-0.05, 0) is 79.6 Å². The number of hydrogen-bond acceptors (Lipinski definition) is 7. The number of furan rings is 1. The average Bonchev–Trinajstić information content (AvgIpc) is 3.27. The van der Waals surface area contributed by atoms with Crippen LogP contribution in [0.15, 0.2) is 59.0 Å². The van der Waals surface area contributed by atoms with Crippen molar-refractivity contribution in [3.63, 3.8) is 0 Å². The summed E-state index contributed by atoms with van der Waals surface area (Å²) in [5.74, 6) is 0.188. The average molecular weight is 579 g/mol. The highest BCUT2D eigenvalue weighted by Crippen LogP contribution is 2.57. The maximum absolute atomic E-state index is 13.7. The lowest BCUT2D eigenvalue weighted by atomic mass is 9.50. The van der Waals surface area contributed by atoms with E-state index in [9.17, 15) is 22.7 Å². The van der Waals surface area contributed by atoms with Crippen LogP contribution in [-0.2, 0) is 10.0 Å². The smallest absolute Gasteiger partial charge is 0.255 e. The topological polar surface area (TPSA) is 125 Å². The van der Waals surface area contributed by atoms with E-state index in [1.807, 2.05) is 6.07 Å². The summed E-state index contributed by atoms with van der Waals surface area (Å²) in [5, 5.41) is 17.4. The van der Waals surface area contributed by atoms with Gasteiger partial charge in [-0.1, -0.05) is 18.2 Å². The molecule has 3 aliphatic rings. The van der Waals surface area contributed by atoms with E-state index in [1.54, 1.807) is 31.2 Å². The van der Waals surface area contributed by atoms with E-state index >= 15 is 0 Å². The monoisotopic (exact) mass is 578 g/mol. The number of hydrogen-bond donors (Lipinski definition) is 3. The molecule has 3 saturated carbocycles. The number of pyridine rings is 1. The van der Waals surface area contributed by atoms with Crippen LogP contribution in [0.3, 0.4) is 0 Å². The minimum Gasteiger partial charge on any atom is -0.437 e. The van der Waals surface area contributed by atoms with Crippen LogP contribution in [0.1, 0.15) is 48.3 Å². The van der Waals surface area contributed by atoms with Crippen LogP contribution in [0, 0.1) is 11.7 Å². The number of amides is 1. The number of nitrogens with one attached hydrogen (secondary N) is 2. The second kappa shape index (κ2) is 9.93. The Labute approximate surface area is 237 Å². The maximum atomic E-state index is 13.7. The number of anilines is 1. The number of aliphatic hydroxyl groups is 1. The lowest BCUT2D eigenvalue weighted by molar-refractivity contribution is -0.0872. The molecule has 214 valence electrons. The Hall–Kier alpha value is -3.80. The highest BCUT2D eigenvalue weighted by atomic mass is 32.2. The van der Waals surface area contributed by atoms with Gasteiger partial charge in [0.15, 0.2) is 5.82 Å². The van der Waals surface area contributed by atoms with Crippen molar-refractivity contribution in [1.29, 1.82) is 0 Å². The molecule has 0 spiro atoms. The third-order valence-corrected chi connectivity index (χ3v) is 9.37. The molecule has 0 aliphatic heterocycles. The first-order valence-electron chi connectivity index (χ1n) is 13.5. The maximum Gasteiger partial charge on any atom is 0.255 e. The zero-order valence-corrected chi connectivity index (χ0v) is 23.8. The summed E-state index contributed by atoms with van der Waals surface area (Å²) in [7, 11) is -2.25. The van der Waals surface area contributed by atoms with E-state index in [2.05, 4.69) is 15.6 Å². The largest absolute Gasteiger partial charge is 0.437 e.